The molecule has 0 saturated carbocycles. The molecule has 0 fully saturated rings. The standard InChI is InChI=1S/2Fe.Mn.H2O/h;;;1H2. The quantitative estimate of drug-likeness (QED) is 0.440. The molecule has 0 unspecified atom stereocenters. The van der Waals surface area contributed by atoms with Gasteiger partial charge < -0.3 is 5.48 Å². The Morgan fingerprint density at radius 2 is 0.750 bits per heavy atom. The molecule has 0 heterocycles. The maximum absolute atomic E-state index is 0. The van der Waals surface area contributed by atoms with Crippen molar-refractivity contribution in [2.24, 2.45) is 0 Å². The monoisotopic (exact) mass is 185 g/mol. The topological polar surface area (TPSA) is 31.5 Å². The van der Waals surface area contributed by atoms with Gasteiger partial charge in [-0.1, -0.05) is 0 Å². The molecule has 0 spiro atoms. The third kappa shape index (κ3) is 9.68. The molecule has 0 aromatic heterocycles. The zero-order valence-corrected chi connectivity index (χ0v) is 4.97. The van der Waals surface area contributed by atoms with Gasteiger partial charge in [0.2, 0.25) is 0 Å². The molecule has 0 aliphatic rings. The molecule has 0 aliphatic heterocycles. The summed E-state index contributed by atoms with van der Waals surface area (Å²) in [4.78, 5) is 0. The van der Waals surface area contributed by atoms with Gasteiger partial charge in [-0.3, -0.25) is 0 Å². The van der Waals surface area contributed by atoms with Crippen LogP contribution in [0, 0.1) is 0 Å². The summed E-state index contributed by atoms with van der Waals surface area (Å²) in [6.45, 7) is 0. The van der Waals surface area contributed by atoms with E-state index in [2.05, 4.69) is 0 Å². The second-order valence-corrected chi connectivity index (χ2v) is 0. The average Bonchev–Trinajstić information content (AvgIpc) is 0. The second kappa shape index (κ2) is 24.3. The molecule has 2 N–H and O–H groups in total. The van der Waals surface area contributed by atoms with Crippen molar-refractivity contribution in [1.82, 2.24) is 0 Å². The van der Waals surface area contributed by atoms with Crippen molar-refractivity contribution in [3.8, 4) is 0 Å². The molecule has 4 heteroatoms. The molecule has 0 amide bonds. The fourth-order valence-electron chi connectivity index (χ4n) is 0. The molecular weight excluding hydrogens is 183 g/mol. The minimum Gasteiger partial charge on any atom is -0.412 e. The molecule has 0 atom stereocenters. The third-order valence-electron chi connectivity index (χ3n) is 0. The van der Waals surface area contributed by atoms with E-state index in [1.54, 1.807) is 0 Å². The molecule has 1 nitrogen and oxygen atoms in total. The number of rotatable bonds is 0. The Kier molecular flexibility index (Phi) is 296. The summed E-state index contributed by atoms with van der Waals surface area (Å²) < 4.78 is 0. The Morgan fingerprint density at radius 3 is 0.750 bits per heavy atom. The Hall–Kier alpha value is 1.52. The molecule has 31 valence electrons. The average molecular weight is 185 g/mol. The summed E-state index contributed by atoms with van der Waals surface area (Å²) in [5.41, 5.74) is 0. The van der Waals surface area contributed by atoms with Crippen LogP contribution in [0.15, 0.2) is 0 Å². The van der Waals surface area contributed by atoms with Gasteiger partial charge in [-0.25, -0.2) is 0 Å². The van der Waals surface area contributed by atoms with Gasteiger partial charge in [0.15, 0.2) is 0 Å². The molecule has 4 heavy (non-hydrogen) atoms. The summed E-state index contributed by atoms with van der Waals surface area (Å²) in [5.74, 6) is 0. The minimum absolute atomic E-state index is 0. The largest absolute Gasteiger partial charge is 0.412 e. The van der Waals surface area contributed by atoms with Crippen LogP contribution < -0.4 is 0 Å². The first-order chi connectivity index (χ1) is 0. The van der Waals surface area contributed by atoms with Crippen LogP contribution in [0.3, 0.4) is 0 Å². The van der Waals surface area contributed by atoms with Crippen LogP contribution >= 0.6 is 0 Å². The van der Waals surface area contributed by atoms with Gasteiger partial charge in [0, 0.05) is 51.2 Å². The predicted octanol–water partition coefficient (Wildman–Crippen LogP) is -0.832. The van der Waals surface area contributed by atoms with E-state index < -0.39 is 0 Å². The maximum atomic E-state index is 0. The van der Waals surface area contributed by atoms with Crippen molar-refractivity contribution in [1.29, 1.82) is 0 Å². The van der Waals surface area contributed by atoms with E-state index in [0.717, 1.165) is 0 Å². The van der Waals surface area contributed by atoms with Crippen LogP contribution in [0.4, 0.5) is 0 Å². The smallest absolute Gasteiger partial charge is 0 e. The van der Waals surface area contributed by atoms with Crippen LogP contribution in [0.2, 0.25) is 0 Å². The van der Waals surface area contributed by atoms with E-state index in [9.17, 15) is 0 Å². The molecule has 0 aromatic carbocycles. The molecular formula is H2Fe2MnO. The van der Waals surface area contributed by atoms with E-state index in [1.807, 2.05) is 0 Å². The third-order valence-corrected chi connectivity index (χ3v) is 0. The molecule has 0 bridgehead atoms. The Balaban J connectivity index is 0. The fraction of sp³-hybridized carbons (Fsp3) is 0. The normalized spacial score (nSPS) is 0. The van der Waals surface area contributed by atoms with Crippen molar-refractivity contribution >= 4 is 0 Å². The molecule has 1 radical (unpaired) electrons. The van der Waals surface area contributed by atoms with E-state index in [4.69, 9.17) is 0 Å². The summed E-state index contributed by atoms with van der Waals surface area (Å²) in [7, 11) is 0. The van der Waals surface area contributed by atoms with Crippen molar-refractivity contribution in [2.45, 2.75) is 0 Å². The second-order valence-electron chi connectivity index (χ2n) is 0. The van der Waals surface area contributed by atoms with Gasteiger partial charge in [0.05, 0.1) is 0 Å². The van der Waals surface area contributed by atoms with Crippen LogP contribution in [0.1, 0.15) is 0 Å². The summed E-state index contributed by atoms with van der Waals surface area (Å²) in [5, 5.41) is 0. The van der Waals surface area contributed by atoms with Crippen LogP contribution in [-0.4, -0.2) is 5.48 Å². The number of hydrogen-bond donors (Lipinski definition) is 0. The van der Waals surface area contributed by atoms with Gasteiger partial charge in [0.1, 0.15) is 0 Å². The Morgan fingerprint density at radius 1 is 0.750 bits per heavy atom. The van der Waals surface area contributed by atoms with Gasteiger partial charge in [-0.05, 0) is 0 Å². The van der Waals surface area contributed by atoms with E-state index >= 15 is 0 Å². The van der Waals surface area contributed by atoms with E-state index in [-0.39, 0.29) is 56.7 Å². The van der Waals surface area contributed by atoms with Crippen molar-refractivity contribution in [3.05, 3.63) is 0 Å². The van der Waals surface area contributed by atoms with Crippen molar-refractivity contribution < 1.29 is 56.7 Å². The van der Waals surface area contributed by atoms with Crippen molar-refractivity contribution in [3.63, 3.8) is 0 Å². The molecule has 0 aromatic rings. The first-order valence-corrected chi connectivity index (χ1v) is 0. The zero-order chi connectivity index (χ0) is 0. The maximum Gasteiger partial charge on any atom is 0 e. The fourth-order valence-corrected chi connectivity index (χ4v) is 0. The van der Waals surface area contributed by atoms with Gasteiger partial charge >= 0.3 is 0 Å². The predicted molar refractivity (Wildman–Crippen MR) is 3.61 cm³/mol. The SMILES string of the molecule is O.[Fe].[Fe].[Mn]. The molecule has 0 saturated heterocycles. The van der Waals surface area contributed by atoms with E-state index in [1.165, 1.54) is 0 Å². The van der Waals surface area contributed by atoms with Crippen LogP contribution in [0.5, 0.6) is 0 Å². The molecule has 0 rings (SSSR count). The summed E-state index contributed by atoms with van der Waals surface area (Å²) >= 11 is 0. The zero-order valence-electron chi connectivity index (χ0n) is 1.59. The Labute approximate surface area is 56.6 Å². The van der Waals surface area contributed by atoms with Gasteiger partial charge in [0.25, 0.3) is 0 Å². The van der Waals surface area contributed by atoms with Crippen LogP contribution in [-0.2, 0) is 51.2 Å². The first kappa shape index (κ1) is 48.9. The van der Waals surface area contributed by atoms with Gasteiger partial charge in [-0.2, -0.15) is 0 Å². The van der Waals surface area contributed by atoms with Crippen LogP contribution in [0.25, 0.3) is 0 Å². The molecule has 0 aliphatic carbocycles. The van der Waals surface area contributed by atoms with Gasteiger partial charge in [-0.15, -0.1) is 0 Å². The first-order valence-electron chi connectivity index (χ1n) is 0. The minimum atomic E-state index is 0. The van der Waals surface area contributed by atoms with E-state index in [0.29, 0.717) is 0 Å². The van der Waals surface area contributed by atoms with Crippen molar-refractivity contribution in [2.75, 3.05) is 0 Å². The summed E-state index contributed by atoms with van der Waals surface area (Å²) in [6.07, 6.45) is 0. The number of hydrogen-bond acceptors (Lipinski definition) is 0. The Bertz CT molecular complexity index is 6.00. The summed E-state index contributed by atoms with van der Waals surface area (Å²) in [6, 6.07) is 0.